The number of nitrogens with zero attached hydrogens (tertiary/aromatic N) is 5. The molecule has 4 aromatic rings. The monoisotopic (exact) mass is 338 g/mol. The van der Waals surface area contributed by atoms with Crippen molar-refractivity contribution in [3.8, 4) is 5.95 Å². The van der Waals surface area contributed by atoms with E-state index in [9.17, 15) is 14.0 Å². The Bertz CT molecular complexity index is 1180. The van der Waals surface area contributed by atoms with Gasteiger partial charge in [0.05, 0.1) is 6.54 Å². The van der Waals surface area contributed by atoms with E-state index in [1.165, 1.54) is 30.7 Å². The van der Waals surface area contributed by atoms with Crippen molar-refractivity contribution in [3.05, 3.63) is 81.4 Å². The van der Waals surface area contributed by atoms with Crippen LogP contribution >= 0.6 is 0 Å². The molecule has 0 aliphatic heterocycles. The fraction of sp³-hybridized carbons (Fsp3) is 0.0625. The molecule has 0 radical (unpaired) electrons. The fourth-order valence-corrected chi connectivity index (χ4v) is 2.47. The molecule has 0 saturated carbocycles. The minimum atomic E-state index is -0.670. The van der Waals surface area contributed by atoms with Crippen molar-refractivity contribution in [2.45, 2.75) is 6.54 Å². The molecular weight excluding hydrogens is 327 g/mol. The molecular formula is C16H11FN6O2. The van der Waals surface area contributed by atoms with Crippen molar-refractivity contribution in [1.82, 2.24) is 29.1 Å². The molecule has 1 aromatic carbocycles. The highest BCUT2D eigenvalue weighted by molar-refractivity contribution is 5.72. The smallest absolute Gasteiger partial charge is 0.291 e. The molecule has 0 fully saturated rings. The first-order chi connectivity index (χ1) is 12.1. The van der Waals surface area contributed by atoms with Crippen molar-refractivity contribution in [1.29, 1.82) is 0 Å². The van der Waals surface area contributed by atoms with E-state index in [4.69, 9.17) is 0 Å². The van der Waals surface area contributed by atoms with Gasteiger partial charge in [0.15, 0.2) is 5.65 Å². The predicted octanol–water partition coefficient (Wildman–Crippen LogP) is 0.853. The number of aromatic nitrogens is 6. The Balaban J connectivity index is 1.85. The highest BCUT2D eigenvalue weighted by Crippen LogP contribution is 2.08. The van der Waals surface area contributed by atoms with Crippen LogP contribution in [0.3, 0.4) is 0 Å². The average Bonchev–Trinajstić information content (AvgIpc) is 3.14. The summed E-state index contributed by atoms with van der Waals surface area (Å²) in [6, 6.07) is 5.97. The Morgan fingerprint density at radius 3 is 2.80 bits per heavy atom. The highest BCUT2D eigenvalue weighted by Gasteiger charge is 2.12. The van der Waals surface area contributed by atoms with Crippen LogP contribution in [0.5, 0.6) is 0 Å². The third kappa shape index (κ3) is 2.61. The Hall–Kier alpha value is -3.62. The minimum absolute atomic E-state index is 0.110. The van der Waals surface area contributed by atoms with Crippen LogP contribution in [0, 0.1) is 5.82 Å². The number of hydrogen-bond acceptors (Lipinski definition) is 5. The third-order valence-corrected chi connectivity index (χ3v) is 3.74. The van der Waals surface area contributed by atoms with E-state index in [0.717, 1.165) is 4.57 Å². The number of nitrogens with one attached hydrogen (secondary N) is 1. The van der Waals surface area contributed by atoms with Gasteiger partial charge in [0.1, 0.15) is 17.5 Å². The van der Waals surface area contributed by atoms with Crippen LogP contribution in [-0.4, -0.2) is 29.1 Å². The molecule has 1 N–H and O–H groups in total. The van der Waals surface area contributed by atoms with Gasteiger partial charge in [-0.1, -0.05) is 18.2 Å². The van der Waals surface area contributed by atoms with E-state index < -0.39 is 17.1 Å². The van der Waals surface area contributed by atoms with E-state index in [0.29, 0.717) is 0 Å². The molecule has 0 bridgehead atoms. The van der Waals surface area contributed by atoms with Crippen LogP contribution in [0.4, 0.5) is 4.39 Å². The Morgan fingerprint density at radius 2 is 2.04 bits per heavy atom. The van der Waals surface area contributed by atoms with Gasteiger partial charge in [-0.2, -0.15) is 4.98 Å². The number of rotatable bonds is 3. The summed E-state index contributed by atoms with van der Waals surface area (Å²) in [6.07, 6.45) is 6.02. The SMILES string of the molecule is O=c1[nH]c2nc(-n3ccnc3)ncc2c(=O)n1Cc1ccccc1F. The second kappa shape index (κ2) is 5.78. The summed E-state index contributed by atoms with van der Waals surface area (Å²) in [5.41, 5.74) is -0.904. The first-order valence-electron chi connectivity index (χ1n) is 7.35. The third-order valence-electron chi connectivity index (χ3n) is 3.74. The maximum atomic E-state index is 13.8. The lowest BCUT2D eigenvalue weighted by molar-refractivity contribution is 0.590. The molecule has 0 atom stereocenters. The van der Waals surface area contributed by atoms with E-state index in [1.54, 1.807) is 23.0 Å². The van der Waals surface area contributed by atoms with E-state index >= 15 is 0 Å². The van der Waals surface area contributed by atoms with Crippen molar-refractivity contribution in [3.63, 3.8) is 0 Å². The quantitative estimate of drug-likeness (QED) is 0.597. The molecule has 3 heterocycles. The lowest BCUT2D eigenvalue weighted by Gasteiger charge is -2.07. The van der Waals surface area contributed by atoms with Crippen LogP contribution in [0.25, 0.3) is 17.0 Å². The molecule has 124 valence electrons. The lowest BCUT2D eigenvalue weighted by atomic mass is 10.2. The van der Waals surface area contributed by atoms with Gasteiger partial charge in [0, 0.05) is 24.2 Å². The molecule has 9 heteroatoms. The van der Waals surface area contributed by atoms with Gasteiger partial charge in [-0.25, -0.2) is 19.2 Å². The van der Waals surface area contributed by atoms with E-state index in [1.807, 2.05) is 0 Å². The summed E-state index contributed by atoms with van der Waals surface area (Å²) >= 11 is 0. The Kier molecular flexibility index (Phi) is 3.46. The topological polar surface area (TPSA) is 98.5 Å². The van der Waals surface area contributed by atoms with Crippen LogP contribution in [0.2, 0.25) is 0 Å². The fourth-order valence-electron chi connectivity index (χ4n) is 2.47. The molecule has 0 unspecified atom stereocenters. The molecule has 0 aliphatic carbocycles. The van der Waals surface area contributed by atoms with Crippen molar-refractivity contribution in [2.75, 3.05) is 0 Å². The minimum Gasteiger partial charge on any atom is -0.291 e. The van der Waals surface area contributed by atoms with Crippen molar-refractivity contribution >= 4 is 11.0 Å². The van der Waals surface area contributed by atoms with Crippen LogP contribution in [-0.2, 0) is 6.54 Å². The molecule has 0 saturated heterocycles. The van der Waals surface area contributed by atoms with Gasteiger partial charge in [-0.05, 0) is 6.07 Å². The maximum Gasteiger partial charge on any atom is 0.330 e. The highest BCUT2D eigenvalue weighted by atomic mass is 19.1. The van der Waals surface area contributed by atoms with Gasteiger partial charge >= 0.3 is 5.69 Å². The maximum absolute atomic E-state index is 13.8. The van der Waals surface area contributed by atoms with E-state index in [2.05, 4.69) is 19.9 Å². The average molecular weight is 338 g/mol. The van der Waals surface area contributed by atoms with Crippen molar-refractivity contribution in [2.24, 2.45) is 0 Å². The number of aromatic amines is 1. The van der Waals surface area contributed by atoms with Crippen LogP contribution in [0.15, 0.2) is 58.8 Å². The van der Waals surface area contributed by atoms with Gasteiger partial charge in [0.2, 0.25) is 5.95 Å². The number of benzene rings is 1. The van der Waals surface area contributed by atoms with Crippen LogP contribution in [0.1, 0.15) is 5.56 Å². The van der Waals surface area contributed by atoms with Gasteiger partial charge in [-0.3, -0.25) is 18.9 Å². The zero-order valence-corrected chi connectivity index (χ0v) is 12.8. The summed E-state index contributed by atoms with van der Waals surface area (Å²) in [4.78, 5) is 39.6. The summed E-state index contributed by atoms with van der Waals surface area (Å²) < 4.78 is 16.3. The number of hydrogen-bond donors (Lipinski definition) is 1. The molecule has 0 spiro atoms. The second-order valence-corrected chi connectivity index (χ2v) is 5.32. The summed E-state index contributed by atoms with van der Waals surface area (Å²) in [5.74, 6) is -0.215. The van der Waals surface area contributed by atoms with E-state index in [-0.39, 0.29) is 29.1 Å². The summed E-state index contributed by atoms with van der Waals surface area (Å²) in [6.45, 7) is -0.181. The molecule has 4 rings (SSSR count). The largest absolute Gasteiger partial charge is 0.330 e. The summed E-state index contributed by atoms with van der Waals surface area (Å²) in [7, 11) is 0. The lowest BCUT2D eigenvalue weighted by Crippen LogP contribution is -2.36. The Morgan fingerprint density at radius 1 is 1.20 bits per heavy atom. The number of halogens is 1. The zero-order chi connectivity index (χ0) is 17.4. The Labute approximate surface area is 139 Å². The molecule has 0 amide bonds. The van der Waals surface area contributed by atoms with Gasteiger partial charge < -0.3 is 0 Å². The second-order valence-electron chi connectivity index (χ2n) is 5.32. The number of H-pyrrole nitrogens is 1. The van der Waals surface area contributed by atoms with Gasteiger partial charge in [0.25, 0.3) is 5.56 Å². The standard InChI is InChI=1S/C16H11FN6O2/c17-12-4-2-1-3-10(12)8-23-14(24)11-7-19-15(22-6-5-18-9-22)20-13(11)21-16(23)25/h1-7,9H,8H2,(H,19,20,21,25). The van der Waals surface area contributed by atoms with Gasteiger partial charge in [-0.15, -0.1) is 0 Å². The first-order valence-corrected chi connectivity index (χ1v) is 7.35. The molecule has 8 nitrogen and oxygen atoms in total. The molecule has 0 aliphatic rings. The number of fused-ring (bicyclic) bond motifs is 1. The number of imidazole rings is 1. The molecule has 3 aromatic heterocycles. The first kappa shape index (κ1) is 14.9. The normalized spacial score (nSPS) is 11.1. The molecule has 25 heavy (non-hydrogen) atoms. The predicted molar refractivity (Wildman–Crippen MR) is 87.0 cm³/mol. The summed E-state index contributed by atoms with van der Waals surface area (Å²) in [5, 5.41) is 0.139. The van der Waals surface area contributed by atoms with Crippen molar-refractivity contribution < 1.29 is 4.39 Å². The zero-order valence-electron chi connectivity index (χ0n) is 12.8. The van der Waals surface area contributed by atoms with Crippen LogP contribution < -0.4 is 11.2 Å².